The summed E-state index contributed by atoms with van der Waals surface area (Å²) in [4.78, 5) is 20.1. The van der Waals surface area contributed by atoms with Gasteiger partial charge in [-0.15, -0.1) is 0 Å². The van der Waals surface area contributed by atoms with Crippen molar-refractivity contribution in [2.75, 3.05) is 14.2 Å². The molecule has 0 unspecified atom stereocenters. The highest BCUT2D eigenvalue weighted by Crippen LogP contribution is 2.48. The predicted molar refractivity (Wildman–Crippen MR) is 161 cm³/mol. The van der Waals surface area contributed by atoms with Gasteiger partial charge in [-0.3, -0.25) is 0 Å². The zero-order valence-corrected chi connectivity index (χ0v) is 21.8. The maximum Gasteiger partial charge on any atom is 0.127 e. The fourth-order valence-corrected chi connectivity index (χ4v) is 5.79. The van der Waals surface area contributed by atoms with Crippen molar-refractivity contribution in [2.24, 2.45) is 0 Å². The van der Waals surface area contributed by atoms with E-state index in [-0.39, 0.29) is 0 Å². The molecule has 8 aromatic rings. The highest BCUT2D eigenvalue weighted by molar-refractivity contribution is 6.22. The topological polar surface area (TPSA) is 70.0 Å². The molecule has 6 nitrogen and oxygen atoms in total. The first-order chi connectivity index (χ1) is 19.7. The molecule has 6 heteroatoms. The standard InChI is InChI=1S/C34H22N4O2/c1-39-27-17-13-19-11-15-25-33(37-23-9-5-3-7-21(23)35-25)29(19)31(27)32-28(40-2)18-14-20-12-16-26-34(30(20)32)38-24-10-6-4-8-22(24)36-26/h3-18H,1-2H3. The average Bonchev–Trinajstić information content (AvgIpc) is 3.01. The number of nitrogens with zero attached hydrogens (tertiary/aromatic N) is 4. The van der Waals surface area contributed by atoms with E-state index in [4.69, 9.17) is 29.4 Å². The SMILES string of the molecule is COc1ccc2ccc3nc4ccccc4nc3c2c1-c1c(OC)ccc2ccc3nc4ccccc4nc3c12. The number of aromatic nitrogens is 4. The third kappa shape index (κ3) is 3.23. The number of rotatable bonds is 3. The van der Waals surface area contributed by atoms with Crippen LogP contribution in [0, 0.1) is 0 Å². The van der Waals surface area contributed by atoms with Crippen molar-refractivity contribution in [1.82, 2.24) is 19.9 Å². The Hall–Kier alpha value is -5.36. The molecule has 0 aliphatic carbocycles. The van der Waals surface area contributed by atoms with Gasteiger partial charge in [0.15, 0.2) is 0 Å². The summed E-state index contributed by atoms with van der Waals surface area (Å²) in [5.74, 6) is 1.43. The van der Waals surface area contributed by atoms with Crippen molar-refractivity contribution in [3.8, 4) is 22.6 Å². The van der Waals surface area contributed by atoms with Crippen LogP contribution in [0.15, 0.2) is 97.1 Å². The molecule has 190 valence electrons. The summed E-state index contributed by atoms with van der Waals surface area (Å²) >= 11 is 0. The van der Waals surface area contributed by atoms with Crippen LogP contribution in [0.4, 0.5) is 0 Å². The van der Waals surface area contributed by atoms with Crippen LogP contribution in [-0.2, 0) is 0 Å². The fourth-order valence-electron chi connectivity index (χ4n) is 5.79. The van der Waals surface area contributed by atoms with Crippen LogP contribution in [0.2, 0.25) is 0 Å². The van der Waals surface area contributed by atoms with Crippen molar-refractivity contribution >= 4 is 65.7 Å². The molecule has 40 heavy (non-hydrogen) atoms. The van der Waals surface area contributed by atoms with Gasteiger partial charge in [0, 0.05) is 21.9 Å². The molecule has 0 bridgehead atoms. The van der Waals surface area contributed by atoms with Crippen molar-refractivity contribution in [1.29, 1.82) is 0 Å². The second-order valence-electron chi connectivity index (χ2n) is 9.77. The van der Waals surface area contributed by atoms with Crippen LogP contribution < -0.4 is 9.47 Å². The summed E-state index contributed by atoms with van der Waals surface area (Å²) in [6.07, 6.45) is 0. The summed E-state index contributed by atoms with van der Waals surface area (Å²) < 4.78 is 12.1. The lowest BCUT2D eigenvalue weighted by Crippen LogP contribution is -1.98. The van der Waals surface area contributed by atoms with Crippen LogP contribution in [0.25, 0.3) is 76.8 Å². The van der Waals surface area contributed by atoms with Gasteiger partial charge in [0.2, 0.25) is 0 Å². The van der Waals surface area contributed by atoms with E-state index in [1.807, 2.05) is 72.8 Å². The molecule has 0 fully saturated rings. The first-order valence-electron chi connectivity index (χ1n) is 13.1. The zero-order valence-electron chi connectivity index (χ0n) is 21.8. The van der Waals surface area contributed by atoms with E-state index in [0.717, 1.165) is 76.8 Å². The van der Waals surface area contributed by atoms with E-state index in [1.165, 1.54) is 0 Å². The lowest BCUT2D eigenvalue weighted by molar-refractivity contribution is 0.411. The van der Waals surface area contributed by atoms with Crippen molar-refractivity contribution in [3.05, 3.63) is 97.1 Å². The molecule has 0 aliphatic heterocycles. The molecule has 0 N–H and O–H groups in total. The summed E-state index contributed by atoms with van der Waals surface area (Å²) in [7, 11) is 3.39. The van der Waals surface area contributed by atoms with Crippen LogP contribution in [0.3, 0.4) is 0 Å². The molecule has 0 saturated carbocycles. The number of ether oxygens (including phenoxy) is 2. The Bertz CT molecular complexity index is 2150. The smallest absolute Gasteiger partial charge is 0.127 e. The van der Waals surface area contributed by atoms with Gasteiger partial charge < -0.3 is 9.47 Å². The molecule has 6 aromatic carbocycles. The van der Waals surface area contributed by atoms with E-state index in [1.54, 1.807) is 14.2 Å². The highest BCUT2D eigenvalue weighted by atomic mass is 16.5. The van der Waals surface area contributed by atoms with Crippen LogP contribution in [0.5, 0.6) is 11.5 Å². The number of benzene rings is 6. The highest BCUT2D eigenvalue weighted by Gasteiger charge is 2.23. The summed E-state index contributed by atoms with van der Waals surface area (Å²) in [5, 5.41) is 3.96. The van der Waals surface area contributed by atoms with E-state index >= 15 is 0 Å². The summed E-state index contributed by atoms with van der Waals surface area (Å²) in [6.45, 7) is 0. The molecule has 0 saturated heterocycles. The number of hydrogen-bond acceptors (Lipinski definition) is 6. The number of methoxy groups -OCH3 is 2. The minimum Gasteiger partial charge on any atom is -0.496 e. The second kappa shape index (κ2) is 8.58. The van der Waals surface area contributed by atoms with Gasteiger partial charge in [-0.25, -0.2) is 19.9 Å². The molecule has 0 amide bonds. The van der Waals surface area contributed by atoms with E-state index in [2.05, 4.69) is 24.3 Å². The lowest BCUT2D eigenvalue weighted by atomic mass is 9.90. The van der Waals surface area contributed by atoms with Crippen molar-refractivity contribution in [3.63, 3.8) is 0 Å². The van der Waals surface area contributed by atoms with Crippen LogP contribution in [0.1, 0.15) is 0 Å². The Morgan fingerprint density at radius 2 is 0.775 bits per heavy atom. The molecule has 2 heterocycles. The third-order valence-electron chi connectivity index (χ3n) is 7.60. The first-order valence-corrected chi connectivity index (χ1v) is 13.1. The molecule has 0 spiro atoms. The first kappa shape index (κ1) is 22.6. The molecule has 2 aromatic heterocycles. The molecule has 0 atom stereocenters. The Morgan fingerprint density at radius 3 is 1.18 bits per heavy atom. The lowest BCUT2D eigenvalue weighted by Gasteiger charge is -2.19. The van der Waals surface area contributed by atoms with Gasteiger partial charge in [-0.1, -0.05) is 48.5 Å². The van der Waals surface area contributed by atoms with Crippen LogP contribution >= 0.6 is 0 Å². The predicted octanol–water partition coefficient (Wildman–Crippen LogP) is 7.87. The van der Waals surface area contributed by atoms with Gasteiger partial charge in [0.25, 0.3) is 0 Å². The molecule has 0 radical (unpaired) electrons. The van der Waals surface area contributed by atoms with E-state index in [0.29, 0.717) is 11.5 Å². The number of fused-ring (bicyclic) bond motifs is 8. The largest absolute Gasteiger partial charge is 0.496 e. The minimum atomic E-state index is 0.714. The second-order valence-corrected chi connectivity index (χ2v) is 9.77. The zero-order chi connectivity index (χ0) is 26.8. The van der Waals surface area contributed by atoms with Gasteiger partial charge in [-0.05, 0) is 59.3 Å². The average molecular weight is 519 g/mol. The quantitative estimate of drug-likeness (QED) is 0.175. The fraction of sp³-hybridized carbons (Fsp3) is 0.0588. The van der Waals surface area contributed by atoms with Gasteiger partial charge in [-0.2, -0.15) is 0 Å². The maximum atomic E-state index is 6.04. The maximum absolute atomic E-state index is 6.04. The van der Waals surface area contributed by atoms with Crippen molar-refractivity contribution < 1.29 is 9.47 Å². The molecular weight excluding hydrogens is 496 g/mol. The molecule has 8 rings (SSSR count). The normalized spacial score (nSPS) is 11.8. The van der Waals surface area contributed by atoms with Crippen LogP contribution in [-0.4, -0.2) is 34.2 Å². The Morgan fingerprint density at radius 1 is 0.400 bits per heavy atom. The number of hydrogen-bond donors (Lipinski definition) is 0. The third-order valence-corrected chi connectivity index (χ3v) is 7.60. The Kier molecular flexibility index (Phi) is 4.85. The molecular formula is C34H22N4O2. The Balaban J connectivity index is 1.62. The minimum absolute atomic E-state index is 0.714. The van der Waals surface area contributed by atoms with Gasteiger partial charge >= 0.3 is 0 Å². The van der Waals surface area contributed by atoms with E-state index in [9.17, 15) is 0 Å². The Labute approximate surface area is 228 Å². The summed E-state index contributed by atoms with van der Waals surface area (Å²) in [5.41, 5.74) is 8.41. The van der Waals surface area contributed by atoms with Gasteiger partial charge in [0.1, 0.15) is 11.5 Å². The van der Waals surface area contributed by atoms with E-state index < -0.39 is 0 Å². The van der Waals surface area contributed by atoms with Crippen molar-refractivity contribution in [2.45, 2.75) is 0 Å². The monoisotopic (exact) mass is 518 g/mol. The summed E-state index contributed by atoms with van der Waals surface area (Å²) in [6, 6.07) is 32.3. The molecule has 0 aliphatic rings. The van der Waals surface area contributed by atoms with Gasteiger partial charge in [0.05, 0.1) is 58.4 Å². The number of para-hydroxylation sites is 4.